The Bertz CT molecular complexity index is 931. The van der Waals surface area contributed by atoms with Crippen molar-refractivity contribution < 1.29 is 19.1 Å². The number of hydrogen-bond donors (Lipinski definition) is 2. The Morgan fingerprint density at radius 1 is 1.14 bits per heavy atom. The SMILES string of the molecule is CC(=O)Nc1sc2c(c1C(=O)Nc1ccc(C(=O)OC(C)C)cc1)CC[C@@H](C)C2. The third-order valence-electron chi connectivity index (χ3n) is 4.75. The number of carbonyl (C=O) groups excluding carboxylic acids is 3. The summed E-state index contributed by atoms with van der Waals surface area (Å²) >= 11 is 1.49. The van der Waals surface area contributed by atoms with Gasteiger partial charge in [0, 0.05) is 17.5 Å². The molecule has 0 spiro atoms. The Labute approximate surface area is 174 Å². The number of esters is 1. The van der Waals surface area contributed by atoms with Crippen molar-refractivity contribution in [2.24, 2.45) is 5.92 Å². The van der Waals surface area contributed by atoms with Gasteiger partial charge >= 0.3 is 5.97 Å². The van der Waals surface area contributed by atoms with Crippen molar-refractivity contribution in [3.63, 3.8) is 0 Å². The normalized spacial score (nSPS) is 15.6. The van der Waals surface area contributed by atoms with Gasteiger partial charge in [-0.15, -0.1) is 11.3 Å². The van der Waals surface area contributed by atoms with Crippen LogP contribution in [0.3, 0.4) is 0 Å². The third-order valence-corrected chi connectivity index (χ3v) is 5.92. The van der Waals surface area contributed by atoms with Gasteiger partial charge in [0.25, 0.3) is 5.91 Å². The molecule has 2 aromatic rings. The second-order valence-corrected chi connectivity index (χ2v) is 8.83. The summed E-state index contributed by atoms with van der Waals surface area (Å²) in [7, 11) is 0. The highest BCUT2D eigenvalue weighted by Crippen LogP contribution is 2.40. The van der Waals surface area contributed by atoms with Crippen LogP contribution in [0.25, 0.3) is 0 Å². The summed E-state index contributed by atoms with van der Waals surface area (Å²) in [6.07, 6.45) is 2.58. The van der Waals surface area contributed by atoms with Gasteiger partial charge in [-0.2, -0.15) is 0 Å². The van der Waals surface area contributed by atoms with Gasteiger partial charge in [-0.25, -0.2) is 4.79 Å². The van der Waals surface area contributed by atoms with E-state index in [1.54, 1.807) is 38.1 Å². The first-order valence-electron chi connectivity index (χ1n) is 9.79. The molecule has 1 aliphatic carbocycles. The first-order valence-corrected chi connectivity index (χ1v) is 10.6. The molecule has 0 aliphatic heterocycles. The number of fused-ring (bicyclic) bond motifs is 1. The van der Waals surface area contributed by atoms with E-state index in [0.29, 0.717) is 27.7 Å². The molecule has 0 fully saturated rings. The molecule has 0 radical (unpaired) electrons. The average Bonchev–Trinajstić information content (AvgIpc) is 2.97. The molecule has 29 heavy (non-hydrogen) atoms. The van der Waals surface area contributed by atoms with Crippen LogP contribution in [-0.4, -0.2) is 23.9 Å². The second kappa shape index (κ2) is 8.78. The molecule has 0 unspecified atom stereocenters. The minimum atomic E-state index is -0.396. The molecule has 6 nitrogen and oxygen atoms in total. The van der Waals surface area contributed by atoms with Crippen molar-refractivity contribution in [3.8, 4) is 0 Å². The number of nitrogens with one attached hydrogen (secondary N) is 2. The predicted octanol–water partition coefficient (Wildman–Crippen LogP) is 4.65. The van der Waals surface area contributed by atoms with Gasteiger partial charge in [-0.05, 0) is 68.9 Å². The van der Waals surface area contributed by atoms with E-state index in [0.717, 1.165) is 24.8 Å². The molecule has 0 saturated heterocycles. The van der Waals surface area contributed by atoms with E-state index in [1.165, 1.54) is 23.1 Å². The van der Waals surface area contributed by atoms with Crippen LogP contribution in [0, 0.1) is 5.92 Å². The Balaban J connectivity index is 1.81. The number of benzene rings is 1. The van der Waals surface area contributed by atoms with Crippen LogP contribution in [-0.2, 0) is 22.4 Å². The molecule has 7 heteroatoms. The molecular formula is C22H26N2O4S. The minimum Gasteiger partial charge on any atom is -0.459 e. The van der Waals surface area contributed by atoms with E-state index in [-0.39, 0.29) is 17.9 Å². The summed E-state index contributed by atoms with van der Waals surface area (Å²) in [6.45, 7) is 7.23. The van der Waals surface area contributed by atoms with E-state index in [4.69, 9.17) is 4.74 Å². The Hall–Kier alpha value is -2.67. The fourth-order valence-electron chi connectivity index (χ4n) is 3.40. The van der Waals surface area contributed by atoms with Crippen LogP contribution in [0.15, 0.2) is 24.3 Å². The van der Waals surface area contributed by atoms with E-state index in [9.17, 15) is 14.4 Å². The maximum atomic E-state index is 13.0. The second-order valence-electron chi connectivity index (χ2n) is 7.72. The lowest BCUT2D eigenvalue weighted by Crippen LogP contribution is -2.18. The molecule has 1 heterocycles. The molecule has 1 aromatic carbocycles. The van der Waals surface area contributed by atoms with Gasteiger partial charge < -0.3 is 15.4 Å². The van der Waals surface area contributed by atoms with E-state index in [1.807, 2.05) is 0 Å². The topological polar surface area (TPSA) is 84.5 Å². The number of ether oxygens (including phenoxy) is 1. The van der Waals surface area contributed by atoms with Gasteiger partial charge in [-0.3, -0.25) is 9.59 Å². The summed E-state index contributed by atoms with van der Waals surface area (Å²) in [5, 5.41) is 6.31. The van der Waals surface area contributed by atoms with E-state index >= 15 is 0 Å². The number of hydrogen-bond acceptors (Lipinski definition) is 5. The molecule has 1 aromatic heterocycles. The number of anilines is 2. The third kappa shape index (κ3) is 5.03. The van der Waals surface area contributed by atoms with Crippen LogP contribution < -0.4 is 10.6 Å². The summed E-state index contributed by atoms with van der Waals surface area (Å²) in [5.74, 6) is -0.274. The molecular weight excluding hydrogens is 388 g/mol. The summed E-state index contributed by atoms with van der Waals surface area (Å²) in [4.78, 5) is 37.8. The van der Waals surface area contributed by atoms with Gasteiger partial charge in [0.15, 0.2) is 0 Å². The average molecular weight is 415 g/mol. The maximum absolute atomic E-state index is 13.0. The largest absolute Gasteiger partial charge is 0.459 e. The van der Waals surface area contributed by atoms with Crippen molar-refractivity contribution in [2.75, 3.05) is 10.6 Å². The first kappa shape index (κ1) is 21.0. The molecule has 1 aliphatic rings. The quantitative estimate of drug-likeness (QED) is 0.698. The fraction of sp³-hybridized carbons (Fsp3) is 0.409. The van der Waals surface area contributed by atoms with E-state index < -0.39 is 5.97 Å². The Morgan fingerprint density at radius 2 is 1.83 bits per heavy atom. The van der Waals surface area contributed by atoms with Crippen LogP contribution in [0.2, 0.25) is 0 Å². The van der Waals surface area contributed by atoms with Crippen molar-refractivity contribution in [2.45, 2.75) is 53.1 Å². The standard InChI is InChI=1S/C22H26N2O4S/c1-12(2)28-22(27)15-6-8-16(9-7-15)24-20(26)19-17-10-5-13(3)11-18(17)29-21(19)23-14(4)25/h6-9,12-13H,5,10-11H2,1-4H3,(H,23,25)(H,24,26)/t13-/m1/s1. The molecule has 154 valence electrons. The highest BCUT2D eigenvalue weighted by Gasteiger charge is 2.28. The Kier molecular flexibility index (Phi) is 6.37. The van der Waals surface area contributed by atoms with Gasteiger partial charge in [0.05, 0.1) is 17.2 Å². The number of carbonyl (C=O) groups is 3. The number of thiophene rings is 1. The van der Waals surface area contributed by atoms with Gasteiger partial charge in [-0.1, -0.05) is 6.92 Å². The predicted molar refractivity (Wildman–Crippen MR) is 115 cm³/mol. The molecule has 3 rings (SSSR count). The molecule has 1 atom stereocenters. The van der Waals surface area contributed by atoms with Crippen molar-refractivity contribution in [1.29, 1.82) is 0 Å². The number of rotatable bonds is 5. The summed E-state index contributed by atoms with van der Waals surface area (Å²) < 4.78 is 5.17. The molecule has 2 N–H and O–H groups in total. The summed E-state index contributed by atoms with van der Waals surface area (Å²) in [5.41, 5.74) is 2.59. The smallest absolute Gasteiger partial charge is 0.338 e. The van der Waals surface area contributed by atoms with Gasteiger partial charge in [0.2, 0.25) is 5.91 Å². The zero-order valence-corrected chi connectivity index (χ0v) is 17.9. The van der Waals surface area contributed by atoms with Crippen molar-refractivity contribution in [1.82, 2.24) is 0 Å². The zero-order chi connectivity index (χ0) is 21.1. The van der Waals surface area contributed by atoms with Crippen LogP contribution >= 0.6 is 11.3 Å². The molecule has 2 amide bonds. The number of amides is 2. The van der Waals surface area contributed by atoms with Crippen LogP contribution in [0.1, 0.15) is 65.3 Å². The highest BCUT2D eigenvalue weighted by atomic mass is 32.1. The lowest BCUT2D eigenvalue weighted by Gasteiger charge is -2.18. The zero-order valence-electron chi connectivity index (χ0n) is 17.1. The van der Waals surface area contributed by atoms with Crippen LogP contribution in [0.4, 0.5) is 10.7 Å². The highest BCUT2D eigenvalue weighted by molar-refractivity contribution is 7.17. The minimum absolute atomic E-state index is 0.193. The summed E-state index contributed by atoms with van der Waals surface area (Å²) in [6, 6.07) is 6.60. The molecule has 0 bridgehead atoms. The van der Waals surface area contributed by atoms with E-state index in [2.05, 4.69) is 17.6 Å². The van der Waals surface area contributed by atoms with Gasteiger partial charge in [0.1, 0.15) is 5.00 Å². The lowest BCUT2D eigenvalue weighted by molar-refractivity contribution is -0.114. The maximum Gasteiger partial charge on any atom is 0.338 e. The lowest BCUT2D eigenvalue weighted by atomic mass is 9.88. The van der Waals surface area contributed by atoms with Crippen molar-refractivity contribution in [3.05, 3.63) is 45.8 Å². The fourth-order valence-corrected chi connectivity index (χ4v) is 4.86. The van der Waals surface area contributed by atoms with Crippen molar-refractivity contribution >= 4 is 39.8 Å². The first-order chi connectivity index (χ1) is 13.7. The van der Waals surface area contributed by atoms with Crippen LogP contribution in [0.5, 0.6) is 0 Å². The monoisotopic (exact) mass is 414 g/mol. The Morgan fingerprint density at radius 3 is 2.45 bits per heavy atom. The molecule has 0 saturated carbocycles.